The van der Waals surface area contributed by atoms with Crippen molar-refractivity contribution in [2.24, 2.45) is 5.10 Å². The third-order valence-electron chi connectivity index (χ3n) is 5.46. The summed E-state index contributed by atoms with van der Waals surface area (Å²) in [5.41, 5.74) is 3.30. The molecule has 168 valence electrons. The minimum absolute atomic E-state index is 0.0868. The molecule has 1 heterocycles. The number of carbonyl (C=O) groups excluding carboxylic acids is 1. The Hall–Kier alpha value is -3.41. The van der Waals surface area contributed by atoms with E-state index in [1.165, 1.54) is 17.1 Å². The van der Waals surface area contributed by atoms with Crippen LogP contribution in [0.2, 0.25) is 0 Å². The summed E-state index contributed by atoms with van der Waals surface area (Å²) in [7, 11) is 0. The van der Waals surface area contributed by atoms with Gasteiger partial charge in [-0.05, 0) is 59.7 Å². The number of nitrogens with zero attached hydrogens (tertiary/aromatic N) is 2. The van der Waals surface area contributed by atoms with Crippen LogP contribution in [0.4, 0.5) is 5.69 Å². The summed E-state index contributed by atoms with van der Waals surface area (Å²) in [5, 5.41) is 25.8. The summed E-state index contributed by atoms with van der Waals surface area (Å²) in [6.07, 6.45) is 1.78. The summed E-state index contributed by atoms with van der Waals surface area (Å²) in [5.74, 6) is -1.11. The molecule has 0 radical (unpaired) electrons. The number of carboxylic acids is 1. The van der Waals surface area contributed by atoms with Gasteiger partial charge in [-0.1, -0.05) is 47.6 Å². The van der Waals surface area contributed by atoms with Gasteiger partial charge in [-0.15, -0.1) is 0 Å². The van der Waals surface area contributed by atoms with E-state index in [2.05, 4.69) is 5.10 Å². The molecule has 1 aliphatic rings. The van der Waals surface area contributed by atoms with Crippen molar-refractivity contribution in [3.8, 4) is 5.75 Å². The number of hydrogen-bond donors (Lipinski definition) is 2. The number of hydrazone groups is 1. The highest BCUT2D eigenvalue weighted by molar-refractivity contribution is 6.32. The third kappa shape index (κ3) is 4.44. The van der Waals surface area contributed by atoms with E-state index in [0.29, 0.717) is 17.0 Å². The third-order valence-corrected chi connectivity index (χ3v) is 5.46. The second-order valence-corrected chi connectivity index (χ2v) is 10.2. The summed E-state index contributed by atoms with van der Waals surface area (Å²) in [6, 6.07) is 9.95. The molecule has 6 nitrogen and oxygen atoms in total. The van der Waals surface area contributed by atoms with E-state index in [-0.39, 0.29) is 28.1 Å². The van der Waals surface area contributed by atoms with E-state index in [4.69, 9.17) is 0 Å². The average Bonchev–Trinajstić information content (AvgIpc) is 2.95. The van der Waals surface area contributed by atoms with Crippen LogP contribution >= 0.6 is 0 Å². The standard InChI is InChI=1S/C26H30N2O4/c1-15-19(23(30)28(27-15)18-10-8-9-17(14-18)24(31)32)11-16-12-20(25(2,3)4)22(29)21(13-16)26(5,6)7/h8-14,29H,1-7H3,(H,31,32). The molecule has 0 spiro atoms. The van der Waals surface area contributed by atoms with Gasteiger partial charge < -0.3 is 10.2 Å². The van der Waals surface area contributed by atoms with E-state index in [9.17, 15) is 19.8 Å². The number of anilines is 1. The van der Waals surface area contributed by atoms with Gasteiger partial charge in [0.2, 0.25) is 0 Å². The van der Waals surface area contributed by atoms with Gasteiger partial charge in [0, 0.05) is 11.1 Å². The number of carboxylic acid groups (broad SMARTS) is 1. The lowest BCUT2D eigenvalue weighted by atomic mass is 9.78. The number of benzene rings is 2. The molecule has 0 bridgehead atoms. The van der Waals surface area contributed by atoms with E-state index in [1.807, 2.05) is 53.7 Å². The Morgan fingerprint density at radius 3 is 2.06 bits per heavy atom. The van der Waals surface area contributed by atoms with Crippen molar-refractivity contribution in [2.45, 2.75) is 59.3 Å². The van der Waals surface area contributed by atoms with Gasteiger partial charge in [0.25, 0.3) is 5.91 Å². The number of rotatable bonds is 3. The Balaban J connectivity index is 2.09. The van der Waals surface area contributed by atoms with Crippen LogP contribution in [0.5, 0.6) is 5.75 Å². The van der Waals surface area contributed by atoms with Crippen LogP contribution in [-0.2, 0) is 15.6 Å². The number of aromatic carboxylic acids is 1. The lowest BCUT2D eigenvalue weighted by Crippen LogP contribution is -2.21. The zero-order valence-corrected chi connectivity index (χ0v) is 19.6. The quantitative estimate of drug-likeness (QED) is 0.625. The van der Waals surface area contributed by atoms with Crippen LogP contribution in [0.1, 0.15) is 75.5 Å². The smallest absolute Gasteiger partial charge is 0.335 e. The Bertz CT molecular complexity index is 1130. The predicted octanol–water partition coefficient (Wildman–Crippen LogP) is 5.49. The Morgan fingerprint density at radius 2 is 1.56 bits per heavy atom. The van der Waals surface area contributed by atoms with Gasteiger partial charge in [0.05, 0.1) is 22.5 Å². The van der Waals surface area contributed by atoms with Crippen molar-refractivity contribution >= 4 is 29.4 Å². The van der Waals surface area contributed by atoms with Gasteiger partial charge in [0.15, 0.2) is 0 Å². The minimum atomic E-state index is -1.07. The first-order chi connectivity index (χ1) is 14.7. The van der Waals surface area contributed by atoms with Crippen molar-refractivity contribution in [1.82, 2.24) is 0 Å². The number of phenolic OH excluding ortho intramolecular Hbond substituents is 1. The molecule has 0 aromatic heterocycles. The SMILES string of the molecule is CC1=NN(c2cccc(C(=O)O)c2)C(=O)C1=Cc1cc(C(C)(C)C)c(O)c(C(C)(C)C)c1. The maximum absolute atomic E-state index is 13.2. The zero-order valence-electron chi connectivity index (χ0n) is 19.6. The van der Waals surface area contributed by atoms with Gasteiger partial charge in [0.1, 0.15) is 5.75 Å². The fraction of sp³-hybridized carbons (Fsp3) is 0.346. The fourth-order valence-electron chi connectivity index (χ4n) is 3.68. The summed E-state index contributed by atoms with van der Waals surface area (Å²) in [6.45, 7) is 14.0. The molecule has 3 rings (SSSR count). The van der Waals surface area contributed by atoms with E-state index in [0.717, 1.165) is 16.7 Å². The molecule has 0 saturated heterocycles. The Kier molecular flexibility index (Phi) is 5.77. The Morgan fingerprint density at radius 1 is 1.00 bits per heavy atom. The predicted molar refractivity (Wildman–Crippen MR) is 127 cm³/mol. The molecule has 2 aromatic rings. The average molecular weight is 435 g/mol. The monoisotopic (exact) mass is 434 g/mol. The molecular formula is C26H30N2O4. The van der Waals surface area contributed by atoms with Crippen LogP contribution < -0.4 is 5.01 Å². The molecule has 6 heteroatoms. The highest BCUT2D eigenvalue weighted by atomic mass is 16.4. The highest BCUT2D eigenvalue weighted by Gasteiger charge is 2.30. The number of aromatic hydroxyl groups is 1. The van der Waals surface area contributed by atoms with Gasteiger partial charge >= 0.3 is 5.97 Å². The first-order valence-corrected chi connectivity index (χ1v) is 10.5. The van der Waals surface area contributed by atoms with Crippen LogP contribution in [0.3, 0.4) is 0 Å². The van der Waals surface area contributed by atoms with Gasteiger partial charge in [-0.3, -0.25) is 4.79 Å². The molecule has 0 aliphatic carbocycles. The maximum Gasteiger partial charge on any atom is 0.335 e. The molecule has 32 heavy (non-hydrogen) atoms. The largest absolute Gasteiger partial charge is 0.507 e. The van der Waals surface area contributed by atoms with Crippen molar-refractivity contribution in [2.75, 3.05) is 5.01 Å². The second-order valence-electron chi connectivity index (χ2n) is 10.2. The van der Waals surface area contributed by atoms with Gasteiger partial charge in [-0.2, -0.15) is 10.1 Å². The molecule has 0 saturated carbocycles. The topological polar surface area (TPSA) is 90.2 Å². The molecule has 0 atom stereocenters. The summed E-state index contributed by atoms with van der Waals surface area (Å²) < 4.78 is 0. The Labute approximate surface area is 188 Å². The van der Waals surface area contributed by atoms with Gasteiger partial charge in [-0.25, -0.2) is 4.79 Å². The normalized spacial score (nSPS) is 16.0. The number of phenols is 1. The van der Waals surface area contributed by atoms with Crippen molar-refractivity contribution in [3.05, 3.63) is 64.2 Å². The molecule has 0 fully saturated rings. The van der Waals surface area contributed by atoms with Crippen LogP contribution in [0.15, 0.2) is 47.1 Å². The van der Waals surface area contributed by atoms with E-state index in [1.54, 1.807) is 25.1 Å². The van der Waals surface area contributed by atoms with Crippen molar-refractivity contribution in [3.63, 3.8) is 0 Å². The lowest BCUT2D eigenvalue weighted by molar-refractivity contribution is -0.114. The fourth-order valence-corrected chi connectivity index (χ4v) is 3.68. The summed E-state index contributed by atoms with van der Waals surface area (Å²) in [4.78, 5) is 24.5. The molecule has 1 amide bonds. The molecule has 2 aromatic carbocycles. The van der Waals surface area contributed by atoms with Crippen LogP contribution in [0, 0.1) is 0 Å². The molecule has 2 N–H and O–H groups in total. The number of carbonyl (C=O) groups is 2. The lowest BCUT2D eigenvalue weighted by Gasteiger charge is -2.28. The van der Waals surface area contributed by atoms with Crippen LogP contribution in [-0.4, -0.2) is 27.8 Å². The maximum atomic E-state index is 13.2. The van der Waals surface area contributed by atoms with Crippen molar-refractivity contribution in [1.29, 1.82) is 0 Å². The highest BCUT2D eigenvalue weighted by Crippen LogP contribution is 2.40. The first-order valence-electron chi connectivity index (χ1n) is 10.5. The van der Waals surface area contributed by atoms with Crippen molar-refractivity contribution < 1.29 is 19.8 Å². The number of amides is 1. The number of hydrogen-bond acceptors (Lipinski definition) is 4. The second kappa shape index (κ2) is 7.93. The van der Waals surface area contributed by atoms with E-state index < -0.39 is 5.97 Å². The molecule has 0 unspecified atom stereocenters. The zero-order chi connectivity index (χ0) is 24.0. The molecular weight excluding hydrogens is 404 g/mol. The van der Waals surface area contributed by atoms with E-state index >= 15 is 0 Å². The first kappa shape index (κ1) is 23.3. The minimum Gasteiger partial charge on any atom is -0.507 e. The van der Waals surface area contributed by atoms with Crippen LogP contribution in [0.25, 0.3) is 6.08 Å². The summed E-state index contributed by atoms with van der Waals surface area (Å²) >= 11 is 0. The molecule has 1 aliphatic heterocycles.